The zero-order chi connectivity index (χ0) is 22.8. The molecule has 2 amide bonds. The van der Waals surface area contributed by atoms with Crippen LogP contribution < -0.4 is 5.32 Å². The van der Waals surface area contributed by atoms with E-state index in [0.29, 0.717) is 29.4 Å². The van der Waals surface area contributed by atoms with Gasteiger partial charge in [-0.1, -0.05) is 41.1 Å². The standard InChI is InChI=1S/C19H17ClF2N6O3S/c20-12-4-2-1-3-10(12)9-27-6-7-28-14(18(27)31)11(5-8-29)13(26-28)16(30)23-19-25-24-17(32-19)15(21)22/h1-4,15,29H,5-9H2,(H,23,25,30). The normalized spacial score (nSPS) is 13.5. The van der Waals surface area contributed by atoms with E-state index in [9.17, 15) is 23.5 Å². The first-order chi connectivity index (χ1) is 15.4. The molecule has 9 nitrogen and oxygen atoms in total. The molecule has 2 N–H and O–H groups in total. The maximum atomic E-state index is 13.2. The molecular formula is C19H17ClF2N6O3S. The Kier molecular flexibility index (Phi) is 6.44. The molecule has 0 fully saturated rings. The van der Waals surface area contributed by atoms with Crippen molar-refractivity contribution >= 4 is 39.9 Å². The van der Waals surface area contributed by atoms with Crippen molar-refractivity contribution in [3.63, 3.8) is 0 Å². The van der Waals surface area contributed by atoms with Gasteiger partial charge < -0.3 is 10.0 Å². The molecule has 1 aromatic carbocycles. The van der Waals surface area contributed by atoms with E-state index in [1.54, 1.807) is 17.0 Å². The smallest absolute Gasteiger partial charge is 0.291 e. The Hall–Kier alpha value is -2.96. The van der Waals surface area contributed by atoms with Crippen molar-refractivity contribution in [2.45, 2.75) is 25.9 Å². The van der Waals surface area contributed by atoms with E-state index in [4.69, 9.17) is 11.6 Å². The Morgan fingerprint density at radius 3 is 2.75 bits per heavy atom. The maximum absolute atomic E-state index is 13.2. The van der Waals surface area contributed by atoms with Crippen molar-refractivity contribution in [1.82, 2.24) is 24.9 Å². The Morgan fingerprint density at radius 2 is 2.06 bits per heavy atom. The van der Waals surface area contributed by atoms with Gasteiger partial charge in [-0.15, -0.1) is 10.2 Å². The Bertz CT molecular complexity index is 1170. The molecule has 1 aliphatic heterocycles. The highest BCUT2D eigenvalue weighted by molar-refractivity contribution is 7.15. The summed E-state index contributed by atoms with van der Waals surface area (Å²) < 4.78 is 26.9. The lowest BCUT2D eigenvalue weighted by Crippen LogP contribution is -2.40. The summed E-state index contributed by atoms with van der Waals surface area (Å²) >= 11 is 6.76. The number of aromatic nitrogens is 4. The van der Waals surface area contributed by atoms with Crippen LogP contribution in [0.4, 0.5) is 13.9 Å². The van der Waals surface area contributed by atoms with Gasteiger partial charge in [0.05, 0.1) is 6.54 Å². The third-order valence-electron chi connectivity index (χ3n) is 4.87. The van der Waals surface area contributed by atoms with Gasteiger partial charge in [-0.3, -0.25) is 19.6 Å². The summed E-state index contributed by atoms with van der Waals surface area (Å²) in [7, 11) is 0. The van der Waals surface area contributed by atoms with Crippen molar-refractivity contribution < 1.29 is 23.5 Å². The molecule has 13 heteroatoms. The van der Waals surface area contributed by atoms with Gasteiger partial charge in [0.25, 0.3) is 18.2 Å². The number of fused-ring (bicyclic) bond motifs is 1. The van der Waals surface area contributed by atoms with Gasteiger partial charge in [-0.2, -0.15) is 5.10 Å². The van der Waals surface area contributed by atoms with E-state index in [-0.39, 0.29) is 47.6 Å². The molecule has 2 aromatic heterocycles. The molecule has 0 saturated heterocycles. The van der Waals surface area contributed by atoms with Gasteiger partial charge in [-0.25, -0.2) is 8.78 Å². The number of halogens is 3. The van der Waals surface area contributed by atoms with Gasteiger partial charge >= 0.3 is 0 Å². The zero-order valence-electron chi connectivity index (χ0n) is 16.5. The molecule has 0 saturated carbocycles. The zero-order valence-corrected chi connectivity index (χ0v) is 18.0. The Balaban J connectivity index is 1.61. The van der Waals surface area contributed by atoms with Gasteiger partial charge in [0.15, 0.2) is 10.7 Å². The van der Waals surface area contributed by atoms with E-state index in [0.717, 1.165) is 5.56 Å². The second-order valence-corrected chi connectivity index (χ2v) is 8.31. The second kappa shape index (κ2) is 9.27. The summed E-state index contributed by atoms with van der Waals surface area (Å²) in [4.78, 5) is 27.6. The first-order valence-corrected chi connectivity index (χ1v) is 10.7. The summed E-state index contributed by atoms with van der Waals surface area (Å²) in [6.07, 6.45) is -2.79. The summed E-state index contributed by atoms with van der Waals surface area (Å²) in [5, 5.41) is 22.9. The molecule has 0 unspecified atom stereocenters. The topological polar surface area (TPSA) is 113 Å². The molecule has 3 aromatic rings. The number of carbonyl (C=O) groups excluding carboxylic acids is 2. The fourth-order valence-corrected chi connectivity index (χ4v) is 4.20. The number of alkyl halides is 2. The number of hydrogen-bond acceptors (Lipinski definition) is 7. The molecule has 0 spiro atoms. The van der Waals surface area contributed by atoms with Crippen LogP contribution in [0.1, 0.15) is 43.5 Å². The number of nitrogens with one attached hydrogen (secondary N) is 1. The highest BCUT2D eigenvalue weighted by Gasteiger charge is 2.33. The molecule has 3 heterocycles. The van der Waals surface area contributed by atoms with Crippen LogP contribution in [0.15, 0.2) is 24.3 Å². The minimum Gasteiger partial charge on any atom is -0.396 e. The number of carbonyl (C=O) groups is 2. The average Bonchev–Trinajstić information content (AvgIpc) is 3.37. The van der Waals surface area contributed by atoms with E-state index >= 15 is 0 Å². The van der Waals surface area contributed by atoms with Crippen LogP contribution >= 0.6 is 22.9 Å². The monoisotopic (exact) mass is 482 g/mol. The largest absolute Gasteiger partial charge is 0.396 e. The third-order valence-corrected chi connectivity index (χ3v) is 6.08. The fraction of sp³-hybridized carbons (Fsp3) is 0.316. The van der Waals surface area contributed by atoms with Crippen molar-refractivity contribution in [1.29, 1.82) is 0 Å². The van der Waals surface area contributed by atoms with Crippen molar-refractivity contribution in [2.24, 2.45) is 0 Å². The van der Waals surface area contributed by atoms with Crippen LogP contribution in [0.2, 0.25) is 5.02 Å². The molecule has 0 aliphatic carbocycles. The predicted octanol–water partition coefficient (Wildman–Crippen LogP) is 2.77. The number of benzene rings is 1. The highest BCUT2D eigenvalue weighted by atomic mass is 35.5. The van der Waals surface area contributed by atoms with Gasteiger partial charge in [0.2, 0.25) is 5.13 Å². The number of amides is 2. The minimum absolute atomic E-state index is 0.0160. The molecular weight excluding hydrogens is 466 g/mol. The number of aliphatic hydroxyl groups excluding tert-OH is 1. The number of rotatable bonds is 7. The molecule has 32 heavy (non-hydrogen) atoms. The molecule has 0 radical (unpaired) electrons. The van der Waals surface area contributed by atoms with Gasteiger partial charge in [-0.05, 0) is 11.6 Å². The maximum Gasteiger partial charge on any atom is 0.291 e. The summed E-state index contributed by atoms with van der Waals surface area (Å²) in [6, 6.07) is 7.19. The number of nitrogens with zero attached hydrogens (tertiary/aromatic N) is 5. The third kappa shape index (κ3) is 4.33. The van der Waals surface area contributed by atoms with E-state index in [2.05, 4.69) is 20.6 Å². The first kappa shape index (κ1) is 22.2. The van der Waals surface area contributed by atoms with Crippen LogP contribution in [0.5, 0.6) is 0 Å². The summed E-state index contributed by atoms with van der Waals surface area (Å²) in [6.45, 7) is 0.661. The minimum atomic E-state index is -2.80. The summed E-state index contributed by atoms with van der Waals surface area (Å²) in [5.41, 5.74) is 1.18. The van der Waals surface area contributed by atoms with Crippen LogP contribution in [0.3, 0.4) is 0 Å². The molecule has 4 rings (SSSR count). The van der Waals surface area contributed by atoms with Crippen LogP contribution in [0, 0.1) is 0 Å². The second-order valence-electron chi connectivity index (χ2n) is 6.89. The molecule has 1 aliphatic rings. The van der Waals surface area contributed by atoms with E-state index in [1.807, 2.05) is 12.1 Å². The van der Waals surface area contributed by atoms with Crippen molar-refractivity contribution in [2.75, 3.05) is 18.5 Å². The van der Waals surface area contributed by atoms with Crippen molar-refractivity contribution in [3.8, 4) is 0 Å². The first-order valence-electron chi connectivity index (χ1n) is 9.55. The average molecular weight is 483 g/mol. The molecule has 0 bridgehead atoms. The fourth-order valence-electron chi connectivity index (χ4n) is 3.41. The Labute approximate surface area is 189 Å². The Morgan fingerprint density at radius 1 is 1.28 bits per heavy atom. The van der Waals surface area contributed by atoms with Crippen molar-refractivity contribution in [3.05, 3.63) is 56.8 Å². The molecule has 168 valence electrons. The van der Waals surface area contributed by atoms with E-state index in [1.165, 1.54) is 4.68 Å². The van der Waals surface area contributed by atoms with Crippen LogP contribution in [-0.2, 0) is 19.5 Å². The van der Waals surface area contributed by atoms with Gasteiger partial charge in [0, 0.05) is 36.7 Å². The van der Waals surface area contributed by atoms with Gasteiger partial charge in [0.1, 0.15) is 5.69 Å². The predicted molar refractivity (Wildman–Crippen MR) is 112 cm³/mol. The lowest BCUT2D eigenvalue weighted by Gasteiger charge is -2.28. The molecule has 0 atom stereocenters. The highest BCUT2D eigenvalue weighted by Crippen LogP contribution is 2.27. The van der Waals surface area contributed by atoms with Crippen LogP contribution in [0.25, 0.3) is 0 Å². The summed E-state index contributed by atoms with van der Waals surface area (Å²) in [5.74, 6) is -1.07. The lowest BCUT2D eigenvalue weighted by atomic mass is 10.1. The van der Waals surface area contributed by atoms with E-state index < -0.39 is 17.3 Å². The van der Waals surface area contributed by atoms with Crippen LogP contribution in [-0.4, -0.2) is 55.0 Å². The quantitative estimate of drug-likeness (QED) is 0.535. The number of aliphatic hydroxyl groups is 1. The lowest BCUT2D eigenvalue weighted by molar-refractivity contribution is 0.0681. The number of anilines is 1. The number of hydrogen-bond donors (Lipinski definition) is 2. The SMILES string of the molecule is O=C(Nc1nnc(C(F)F)s1)c1nn2c(c1CCO)C(=O)N(Cc1ccccc1Cl)CC2.